The molecular weight excluding hydrogens is 248 g/mol. The molecule has 0 amide bonds. The lowest BCUT2D eigenvalue weighted by molar-refractivity contribution is 0.255. The Bertz CT molecular complexity index is 378. The summed E-state index contributed by atoms with van der Waals surface area (Å²) in [5.74, 6) is 1.34. The first kappa shape index (κ1) is 13.6. The highest BCUT2D eigenvalue weighted by Gasteiger charge is 2.30. The third-order valence-electron chi connectivity index (χ3n) is 3.70. The summed E-state index contributed by atoms with van der Waals surface area (Å²) < 4.78 is 5.13. The highest BCUT2D eigenvalue weighted by Crippen LogP contribution is 2.29. The van der Waals surface area contributed by atoms with Crippen LogP contribution in [0.4, 0.5) is 0 Å². The van der Waals surface area contributed by atoms with E-state index in [2.05, 4.69) is 10.3 Å². The van der Waals surface area contributed by atoms with Gasteiger partial charge in [-0.3, -0.25) is 0 Å². The molecule has 0 spiro atoms. The van der Waals surface area contributed by atoms with Crippen molar-refractivity contribution < 1.29 is 4.74 Å². The van der Waals surface area contributed by atoms with Crippen LogP contribution in [-0.4, -0.2) is 23.5 Å². The number of halogens is 1. The van der Waals surface area contributed by atoms with Gasteiger partial charge < -0.3 is 10.1 Å². The van der Waals surface area contributed by atoms with E-state index in [4.69, 9.17) is 16.3 Å². The molecule has 1 aliphatic carbocycles. The fourth-order valence-electron chi connectivity index (χ4n) is 2.53. The topological polar surface area (TPSA) is 34.1 Å². The Morgan fingerprint density at radius 2 is 2.11 bits per heavy atom. The van der Waals surface area contributed by atoms with E-state index in [9.17, 15) is 0 Å². The molecule has 4 heteroatoms. The zero-order chi connectivity index (χ0) is 12.8. The second-order valence-corrected chi connectivity index (χ2v) is 5.27. The normalized spacial score (nSPS) is 18.6. The van der Waals surface area contributed by atoms with E-state index < -0.39 is 0 Å². The number of hydrogen-bond donors (Lipinski definition) is 1. The molecule has 3 nitrogen and oxygen atoms in total. The lowest BCUT2D eigenvalue weighted by Crippen LogP contribution is -2.48. The first-order valence-electron chi connectivity index (χ1n) is 6.59. The predicted octanol–water partition coefficient (Wildman–Crippen LogP) is 3.12. The number of ether oxygens (including phenoxy) is 1. The highest BCUT2D eigenvalue weighted by molar-refractivity contribution is 6.18. The Morgan fingerprint density at radius 1 is 1.33 bits per heavy atom. The van der Waals surface area contributed by atoms with Gasteiger partial charge in [0, 0.05) is 24.0 Å². The van der Waals surface area contributed by atoms with Crippen molar-refractivity contribution in [2.24, 2.45) is 0 Å². The molecule has 0 atom stereocenters. The van der Waals surface area contributed by atoms with Gasteiger partial charge in [0.05, 0.1) is 12.8 Å². The maximum Gasteiger partial charge on any atom is 0.213 e. The lowest BCUT2D eigenvalue weighted by atomic mass is 9.83. The number of alkyl halides is 1. The maximum atomic E-state index is 6.15. The molecule has 0 unspecified atom stereocenters. The van der Waals surface area contributed by atoms with Crippen LogP contribution < -0.4 is 10.1 Å². The van der Waals surface area contributed by atoms with Crippen LogP contribution in [0.25, 0.3) is 0 Å². The van der Waals surface area contributed by atoms with Gasteiger partial charge in [-0.1, -0.05) is 25.3 Å². The van der Waals surface area contributed by atoms with Crippen LogP contribution in [0.3, 0.4) is 0 Å². The van der Waals surface area contributed by atoms with Crippen LogP contribution in [-0.2, 0) is 6.54 Å². The molecule has 0 aliphatic heterocycles. The first-order valence-corrected chi connectivity index (χ1v) is 7.12. The third kappa shape index (κ3) is 3.36. The van der Waals surface area contributed by atoms with E-state index in [1.54, 1.807) is 7.11 Å². The molecule has 1 fully saturated rings. The van der Waals surface area contributed by atoms with Crippen LogP contribution in [0, 0.1) is 0 Å². The van der Waals surface area contributed by atoms with Crippen LogP contribution in [0.15, 0.2) is 18.2 Å². The summed E-state index contributed by atoms with van der Waals surface area (Å²) in [6.45, 7) is 0.754. The van der Waals surface area contributed by atoms with Gasteiger partial charge in [-0.15, -0.1) is 11.6 Å². The number of aromatic nitrogens is 1. The third-order valence-corrected chi connectivity index (χ3v) is 4.21. The van der Waals surface area contributed by atoms with E-state index in [-0.39, 0.29) is 5.54 Å². The molecule has 1 saturated carbocycles. The van der Waals surface area contributed by atoms with E-state index in [0.717, 1.165) is 12.2 Å². The molecule has 18 heavy (non-hydrogen) atoms. The molecular formula is C14H21ClN2O. The van der Waals surface area contributed by atoms with Crippen LogP contribution in [0.5, 0.6) is 5.88 Å². The number of nitrogens with zero attached hydrogens (tertiary/aromatic N) is 1. The van der Waals surface area contributed by atoms with E-state index in [1.807, 2.05) is 18.2 Å². The Morgan fingerprint density at radius 3 is 2.78 bits per heavy atom. The summed E-state index contributed by atoms with van der Waals surface area (Å²) in [6.07, 6.45) is 6.20. The van der Waals surface area contributed by atoms with Gasteiger partial charge in [-0.05, 0) is 18.9 Å². The second-order valence-electron chi connectivity index (χ2n) is 5.00. The molecule has 1 N–H and O–H groups in total. The summed E-state index contributed by atoms with van der Waals surface area (Å²) in [5, 5.41) is 3.60. The number of hydrogen-bond acceptors (Lipinski definition) is 3. The van der Waals surface area contributed by atoms with Gasteiger partial charge >= 0.3 is 0 Å². The number of rotatable bonds is 5. The van der Waals surface area contributed by atoms with Crippen molar-refractivity contribution in [3.63, 3.8) is 0 Å². The molecule has 1 heterocycles. The average Bonchev–Trinajstić information content (AvgIpc) is 2.46. The molecule has 0 aromatic carbocycles. The molecule has 0 saturated heterocycles. The maximum absolute atomic E-state index is 6.15. The second kappa shape index (κ2) is 6.39. The molecule has 100 valence electrons. The monoisotopic (exact) mass is 268 g/mol. The fourth-order valence-corrected chi connectivity index (χ4v) is 2.90. The van der Waals surface area contributed by atoms with Crippen LogP contribution >= 0.6 is 11.6 Å². The molecule has 1 aromatic heterocycles. The summed E-state index contributed by atoms with van der Waals surface area (Å²) >= 11 is 6.15. The summed E-state index contributed by atoms with van der Waals surface area (Å²) in [7, 11) is 1.64. The summed E-state index contributed by atoms with van der Waals surface area (Å²) in [6, 6.07) is 5.85. The minimum Gasteiger partial charge on any atom is -0.481 e. The SMILES string of the molecule is COc1cccc(CNC2(CCl)CCCCC2)n1. The standard InChI is InChI=1S/C14H21ClN2O/c1-18-13-7-5-6-12(17-13)10-16-14(11-15)8-3-2-4-9-14/h5-7,16H,2-4,8-11H2,1H3. The fraction of sp³-hybridized carbons (Fsp3) is 0.643. The molecule has 1 aliphatic rings. The highest BCUT2D eigenvalue weighted by atomic mass is 35.5. The zero-order valence-electron chi connectivity index (χ0n) is 10.9. The van der Waals surface area contributed by atoms with Crippen molar-refractivity contribution in [3.05, 3.63) is 23.9 Å². The van der Waals surface area contributed by atoms with Crippen molar-refractivity contribution in [1.29, 1.82) is 0 Å². The zero-order valence-corrected chi connectivity index (χ0v) is 11.7. The minimum atomic E-state index is 0.102. The quantitative estimate of drug-likeness (QED) is 0.833. The summed E-state index contributed by atoms with van der Waals surface area (Å²) in [4.78, 5) is 4.41. The van der Waals surface area contributed by atoms with Gasteiger partial charge in [-0.25, -0.2) is 4.98 Å². The van der Waals surface area contributed by atoms with Crippen molar-refractivity contribution in [2.45, 2.75) is 44.2 Å². The van der Waals surface area contributed by atoms with Gasteiger partial charge in [0.1, 0.15) is 0 Å². The smallest absolute Gasteiger partial charge is 0.213 e. The first-order chi connectivity index (χ1) is 8.78. The van der Waals surface area contributed by atoms with Crippen LogP contribution in [0.2, 0.25) is 0 Å². The van der Waals surface area contributed by atoms with Crippen molar-refractivity contribution in [2.75, 3.05) is 13.0 Å². The van der Waals surface area contributed by atoms with Crippen molar-refractivity contribution in [1.82, 2.24) is 10.3 Å². The van der Waals surface area contributed by atoms with Crippen molar-refractivity contribution in [3.8, 4) is 5.88 Å². The van der Waals surface area contributed by atoms with Gasteiger partial charge in [0.25, 0.3) is 0 Å². The number of pyridine rings is 1. The van der Waals surface area contributed by atoms with E-state index in [0.29, 0.717) is 11.8 Å². The molecule has 1 aromatic rings. The Hall–Kier alpha value is -0.800. The van der Waals surface area contributed by atoms with Crippen molar-refractivity contribution >= 4 is 11.6 Å². The Balaban J connectivity index is 1.96. The predicted molar refractivity (Wildman–Crippen MR) is 74.2 cm³/mol. The number of nitrogens with one attached hydrogen (secondary N) is 1. The minimum absolute atomic E-state index is 0.102. The Labute approximate surface area is 114 Å². The van der Waals surface area contributed by atoms with Gasteiger partial charge in [-0.2, -0.15) is 0 Å². The van der Waals surface area contributed by atoms with Gasteiger partial charge in [0.2, 0.25) is 5.88 Å². The average molecular weight is 269 g/mol. The van der Waals surface area contributed by atoms with Gasteiger partial charge in [0.15, 0.2) is 0 Å². The van der Waals surface area contributed by atoms with E-state index in [1.165, 1.54) is 32.1 Å². The molecule has 2 rings (SSSR count). The lowest BCUT2D eigenvalue weighted by Gasteiger charge is -2.36. The van der Waals surface area contributed by atoms with Crippen LogP contribution in [0.1, 0.15) is 37.8 Å². The van der Waals surface area contributed by atoms with E-state index >= 15 is 0 Å². The largest absolute Gasteiger partial charge is 0.481 e. The molecule has 0 radical (unpaired) electrons. The number of methoxy groups -OCH3 is 1. The summed E-state index contributed by atoms with van der Waals surface area (Å²) in [5.41, 5.74) is 1.11. The molecule has 0 bridgehead atoms. The Kier molecular flexibility index (Phi) is 4.84.